The van der Waals surface area contributed by atoms with Gasteiger partial charge >= 0.3 is 0 Å². The van der Waals surface area contributed by atoms with E-state index in [1.54, 1.807) is 0 Å². The van der Waals surface area contributed by atoms with E-state index < -0.39 is 5.79 Å². The van der Waals surface area contributed by atoms with E-state index in [0.29, 0.717) is 19.6 Å². The maximum Gasteiger partial charge on any atom is 0.220 e. The first-order valence-corrected chi connectivity index (χ1v) is 7.62. The third-order valence-electron chi connectivity index (χ3n) is 3.35. The molecule has 0 aromatic carbocycles. The van der Waals surface area contributed by atoms with Crippen LogP contribution in [-0.2, 0) is 14.3 Å². The van der Waals surface area contributed by atoms with E-state index in [9.17, 15) is 4.79 Å². The molecule has 1 heterocycles. The van der Waals surface area contributed by atoms with Crippen molar-refractivity contribution < 1.29 is 14.3 Å². The van der Waals surface area contributed by atoms with Crippen LogP contribution in [0.25, 0.3) is 0 Å². The van der Waals surface area contributed by atoms with E-state index in [0.717, 1.165) is 12.8 Å². The molecule has 1 N–H and O–H groups in total. The summed E-state index contributed by atoms with van der Waals surface area (Å²) in [5, 5.41) is 2.92. The molecule has 1 fully saturated rings. The van der Waals surface area contributed by atoms with Crippen molar-refractivity contribution in [2.45, 2.75) is 77.6 Å². The maximum absolute atomic E-state index is 11.6. The Morgan fingerprint density at radius 3 is 2.53 bits per heavy atom. The molecule has 0 bridgehead atoms. The molecule has 1 aliphatic heterocycles. The number of hydrogen-bond acceptors (Lipinski definition) is 3. The number of carbonyl (C=O) groups is 1. The second kappa shape index (κ2) is 8.54. The Morgan fingerprint density at radius 2 is 1.89 bits per heavy atom. The molecule has 1 unspecified atom stereocenters. The van der Waals surface area contributed by atoms with Gasteiger partial charge in [0.2, 0.25) is 5.91 Å². The van der Waals surface area contributed by atoms with E-state index in [2.05, 4.69) is 12.2 Å². The SMILES string of the molecule is CCCCCCCCC(=O)NCC1COC(C)(C)O1. The van der Waals surface area contributed by atoms with Gasteiger partial charge in [0.25, 0.3) is 0 Å². The molecule has 0 saturated carbocycles. The summed E-state index contributed by atoms with van der Waals surface area (Å²) in [7, 11) is 0. The quantitative estimate of drug-likeness (QED) is 0.656. The summed E-state index contributed by atoms with van der Waals surface area (Å²) in [4.78, 5) is 11.6. The Morgan fingerprint density at radius 1 is 1.21 bits per heavy atom. The lowest BCUT2D eigenvalue weighted by atomic mass is 10.1. The minimum Gasteiger partial charge on any atom is -0.353 e. The second-order valence-electron chi connectivity index (χ2n) is 5.77. The van der Waals surface area contributed by atoms with Crippen LogP contribution in [0.15, 0.2) is 0 Å². The van der Waals surface area contributed by atoms with E-state index in [4.69, 9.17) is 9.47 Å². The van der Waals surface area contributed by atoms with Gasteiger partial charge in [-0.1, -0.05) is 39.0 Å². The number of nitrogens with one attached hydrogen (secondary N) is 1. The molecule has 0 radical (unpaired) electrons. The Labute approximate surface area is 117 Å². The van der Waals surface area contributed by atoms with Crippen molar-refractivity contribution in [2.24, 2.45) is 0 Å². The lowest BCUT2D eigenvalue weighted by Crippen LogP contribution is -2.34. The highest BCUT2D eigenvalue weighted by Gasteiger charge is 2.32. The summed E-state index contributed by atoms with van der Waals surface area (Å²) in [6, 6.07) is 0. The Hall–Kier alpha value is -0.610. The van der Waals surface area contributed by atoms with Gasteiger partial charge in [0.15, 0.2) is 5.79 Å². The van der Waals surface area contributed by atoms with Crippen molar-refractivity contribution in [3.63, 3.8) is 0 Å². The molecule has 4 nitrogen and oxygen atoms in total. The number of rotatable bonds is 9. The maximum atomic E-state index is 11.6. The van der Waals surface area contributed by atoms with Crippen molar-refractivity contribution in [3.8, 4) is 0 Å². The Balaban J connectivity index is 1.97. The molecular formula is C15H29NO3. The summed E-state index contributed by atoms with van der Waals surface area (Å²) < 4.78 is 11.1. The van der Waals surface area contributed by atoms with Gasteiger partial charge in [0.05, 0.1) is 6.61 Å². The normalized spacial score (nSPS) is 21.5. The zero-order chi connectivity index (χ0) is 14.1. The first-order chi connectivity index (χ1) is 9.03. The fourth-order valence-electron chi connectivity index (χ4n) is 2.25. The summed E-state index contributed by atoms with van der Waals surface area (Å²) >= 11 is 0. The molecule has 112 valence electrons. The van der Waals surface area contributed by atoms with Crippen LogP contribution in [-0.4, -0.2) is 30.9 Å². The predicted molar refractivity (Wildman–Crippen MR) is 75.9 cm³/mol. The van der Waals surface area contributed by atoms with Gasteiger partial charge in [-0.3, -0.25) is 4.79 Å². The van der Waals surface area contributed by atoms with Crippen LogP contribution in [0, 0.1) is 0 Å². The largest absolute Gasteiger partial charge is 0.353 e. The minimum absolute atomic E-state index is 0.0106. The van der Waals surface area contributed by atoms with E-state index in [1.165, 1.54) is 25.7 Å². The smallest absolute Gasteiger partial charge is 0.220 e. The molecule has 1 aliphatic rings. The molecule has 0 aromatic rings. The summed E-state index contributed by atoms with van der Waals surface area (Å²) in [5.41, 5.74) is 0. The van der Waals surface area contributed by atoms with Crippen LogP contribution in [0.3, 0.4) is 0 Å². The van der Waals surface area contributed by atoms with Crippen molar-refractivity contribution in [1.29, 1.82) is 0 Å². The fraction of sp³-hybridized carbons (Fsp3) is 0.933. The molecule has 0 aliphatic carbocycles. The number of unbranched alkanes of at least 4 members (excludes halogenated alkanes) is 5. The van der Waals surface area contributed by atoms with Crippen LogP contribution in [0.4, 0.5) is 0 Å². The van der Waals surface area contributed by atoms with E-state index in [-0.39, 0.29) is 12.0 Å². The third-order valence-corrected chi connectivity index (χ3v) is 3.35. The lowest BCUT2D eigenvalue weighted by molar-refractivity contribution is -0.139. The van der Waals surface area contributed by atoms with Crippen molar-refractivity contribution in [1.82, 2.24) is 5.32 Å². The molecule has 0 aromatic heterocycles. The topological polar surface area (TPSA) is 47.6 Å². The monoisotopic (exact) mass is 271 g/mol. The molecule has 1 atom stereocenters. The first-order valence-electron chi connectivity index (χ1n) is 7.62. The van der Waals surface area contributed by atoms with Crippen LogP contribution in [0.5, 0.6) is 0 Å². The Kier molecular flexibility index (Phi) is 7.39. The van der Waals surface area contributed by atoms with Gasteiger partial charge in [0, 0.05) is 13.0 Å². The fourth-order valence-corrected chi connectivity index (χ4v) is 2.25. The van der Waals surface area contributed by atoms with E-state index >= 15 is 0 Å². The molecule has 19 heavy (non-hydrogen) atoms. The van der Waals surface area contributed by atoms with Crippen molar-refractivity contribution >= 4 is 5.91 Å². The second-order valence-corrected chi connectivity index (χ2v) is 5.77. The van der Waals surface area contributed by atoms with Gasteiger partial charge in [-0.25, -0.2) is 0 Å². The molecule has 1 amide bonds. The van der Waals surface area contributed by atoms with Gasteiger partial charge in [0.1, 0.15) is 6.10 Å². The standard InChI is InChI=1S/C15H29NO3/c1-4-5-6-7-8-9-10-14(17)16-11-13-12-18-15(2,3)19-13/h13H,4-12H2,1-3H3,(H,16,17). The summed E-state index contributed by atoms with van der Waals surface area (Å²) in [5.74, 6) is -0.377. The lowest BCUT2D eigenvalue weighted by Gasteiger charge is -2.17. The molecular weight excluding hydrogens is 242 g/mol. The summed E-state index contributed by atoms with van der Waals surface area (Å²) in [6.45, 7) is 7.11. The van der Waals surface area contributed by atoms with Gasteiger partial charge in [-0.05, 0) is 20.3 Å². The zero-order valence-electron chi connectivity index (χ0n) is 12.7. The van der Waals surface area contributed by atoms with Crippen LogP contribution in [0.2, 0.25) is 0 Å². The highest BCUT2D eigenvalue weighted by Crippen LogP contribution is 2.21. The molecule has 4 heteroatoms. The average Bonchev–Trinajstić information content (AvgIpc) is 2.71. The van der Waals surface area contributed by atoms with Crippen LogP contribution >= 0.6 is 0 Å². The first kappa shape index (κ1) is 16.4. The third kappa shape index (κ3) is 7.53. The Bertz CT molecular complexity index is 266. The van der Waals surface area contributed by atoms with Gasteiger partial charge in [-0.2, -0.15) is 0 Å². The van der Waals surface area contributed by atoms with Crippen LogP contribution < -0.4 is 5.32 Å². The highest BCUT2D eigenvalue weighted by atomic mass is 16.7. The van der Waals surface area contributed by atoms with Gasteiger partial charge in [-0.15, -0.1) is 0 Å². The minimum atomic E-state index is -0.505. The zero-order valence-corrected chi connectivity index (χ0v) is 12.7. The molecule has 1 saturated heterocycles. The van der Waals surface area contributed by atoms with Gasteiger partial charge < -0.3 is 14.8 Å². The number of amides is 1. The molecule has 1 rings (SSSR count). The molecule has 0 spiro atoms. The van der Waals surface area contributed by atoms with Crippen LogP contribution in [0.1, 0.15) is 65.7 Å². The predicted octanol–water partition coefficient (Wildman–Crippen LogP) is 3.00. The van der Waals surface area contributed by atoms with E-state index in [1.807, 2.05) is 13.8 Å². The number of hydrogen-bond donors (Lipinski definition) is 1. The van der Waals surface area contributed by atoms with Crippen molar-refractivity contribution in [2.75, 3.05) is 13.2 Å². The summed E-state index contributed by atoms with van der Waals surface area (Å²) in [6.07, 6.45) is 7.87. The van der Waals surface area contributed by atoms with Crippen molar-refractivity contribution in [3.05, 3.63) is 0 Å². The number of carbonyl (C=O) groups excluding carboxylic acids is 1. The average molecular weight is 271 g/mol. The highest BCUT2D eigenvalue weighted by molar-refractivity contribution is 5.75. The number of ether oxygens (including phenoxy) is 2.